The van der Waals surface area contributed by atoms with Crippen LogP contribution in [-0.2, 0) is 15.9 Å². The van der Waals surface area contributed by atoms with Gasteiger partial charge in [-0.2, -0.15) is 0 Å². The van der Waals surface area contributed by atoms with Crippen molar-refractivity contribution >= 4 is 29.7 Å². The van der Waals surface area contributed by atoms with Gasteiger partial charge in [-0.25, -0.2) is 4.79 Å². The van der Waals surface area contributed by atoms with E-state index in [0.717, 1.165) is 11.3 Å². The summed E-state index contributed by atoms with van der Waals surface area (Å²) >= 11 is 0. The maximum atomic E-state index is 12.8. The third-order valence-electron chi connectivity index (χ3n) is 4.88. The zero-order valence-electron chi connectivity index (χ0n) is 19.4. The lowest BCUT2D eigenvalue weighted by atomic mass is 10.2. The molecule has 4 aromatic rings. The fraction of sp³-hybridized carbons (Fsp3) is 0.0769. The number of ether oxygens (including phenoxy) is 1. The number of H-pyrrole nitrogens is 1. The Hall–Kier alpha value is -4.58. The van der Waals surface area contributed by atoms with Gasteiger partial charge in [0.2, 0.25) is 7.29 Å². The summed E-state index contributed by atoms with van der Waals surface area (Å²) < 4.78 is 17.8. The number of benzene rings is 3. The largest absolute Gasteiger partial charge is 0.444 e. The SMILES string of the molecule is Cc1ccc(NC(=O)OCc2ccccc2)c(=O)[nH]1.[N-]=[N+]=NP(=O)(c1ccccc1)c1ccccc1. The topological polar surface area (TPSA) is 137 Å². The van der Waals surface area contributed by atoms with Crippen LogP contribution in [0.4, 0.5) is 10.5 Å². The third-order valence-corrected chi connectivity index (χ3v) is 7.21. The molecular weight excluding hydrogens is 477 g/mol. The second kappa shape index (κ2) is 12.8. The molecule has 0 unspecified atom stereocenters. The van der Waals surface area contributed by atoms with Crippen LogP contribution in [0.25, 0.3) is 10.4 Å². The maximum Gasteiger partial charge on any atom is 0.412 e. The van der Waals surface area contributed by atoms with E-state index in [0.29, 0.717) is 10.6 Å². The molecule has 10 heteroatoms. The van der Waals surface area contributed by atoms with Crippen LogP contribution in [0.3, 0.4) is 0 Å². The zero-order valence-corrected chi connectivity index (χ0v) is 20.3. The molecule has 0 bridgehead atoms. The minimum absolute atomic E-state index is 0.163. The van der Waals surface area contributed by atoms with Gasteiger partial charge in [0.1, 0.15) is 12.3 Å². The highest BCUT2D eigenvalue weighted by molar-refractivity contribution is 7.77. The first kappa shape index (κ1) is 26.0. The Balaban J connectivity index is 0.000000202. The monoisotopic (exact) mass is 501 g/mol. The summed E-state index contributed by atoms with van der Waals surface area (Å²) in [5.41, 5.74) is 10.0. The molecular formula is C26H24N5O4P. The van der Waals surface area contributed by atoms with Crippen molar-refractivity contribution in [1.29, 1.82) is 0 Å². The van der Waals surface area contributed by atoms with Crippen molar-refractivity contribution in [1.82, 2.24) is 4.98 Å². The van der Waals surface area contributed by atoms with Gasteiger partial charge in [0, 0.05) is 21.2 Å². The van der Waals surface area contributed by atoms with Gasteiger partial charge in [-0.1, -0.05) is 91.0 Å². The number of aryl methyl sites for hydroxylation is 1. The molecule has 0 fully saturated rings. The van der Waals surface area contributed by atoms with Crippen LogP contribution in [0.15, 0.2) is 113 Å². The van der Waals surface area contributed by atoms with Crippen LogP contribution in [0.5, 0.6) is 0 Å². The lowest BCUT2D eigenvalue weighted by molar-refractivity contribution is 0.155. The Kier molecular flexibility index (Phi) is 9.23. The number of nitrogens with zero attached hydrogens (tertiary/aromatic N) is 3. The summed E-state index contributed by atoms with van der Waals surface area (Å²) in [4.78, 5) is 31.9. The molecule has 0 saturated heterocycles. The fourth-order valence-corrected chi connectivity index (χ4v) is 4.88. The first-order chi connectivity index (χ1) is 17.4. The molecule has 36 heavy (non-hydrogen) atoms. The molecule has 1 aromatic heterocycles. The van der Waals surface area contributed by atoms with Gasteiger partial charge in [0.05, 0.1) is 0 Å². The molecule has 182 valence electrons. The molecule has 0 aliphatic heterocycles. The van der Waals surface area contributed by atoms with Crippen LogP contribution in [0.2, 0.25) is 0 Å². The molecule has 0 aliphatic carbocycles. The van der Waals surface area contributed by atoms with E-state index in [1.807, 2.05) is 42.5 Å². The van der Waals surface area contributed by atoms with E-state index in [9.17, 15) is 14.2 Å². The Bertz CT molecular complexity index is 1390. The second-order valence-electron chi connectivity index (χ2n) is 7.50. The standard InChI is InChI=1S/C14H14N2O3.C12H10N3OP/c1-10-7-8-12(13(17)15-10)16-14(18)19-9-11-5-3-2-4-6-11;13-14-15-17(16,11-7-3-1-4-8-11)12-9-5-2-6-10-12/h2-8H,9H2,1H3,(H,15,17)(H,16,18);1-10H. The zero-order chi connectivity index (χ0) is 25.8. The first-order valence-corrected chi connectivity index (χ1v) is 12.5. The molecule has 3 aromatic carbocycles. The molecule has 4 rings (SSSR count). The summed E-state index contributed by atoms with van der Waals surface area (Å²) in [6.45, 7) is 1.93. The van der Waals surface area contributed by atoms with Gasteiger partial charge in [0.25, 0.3) is 5.56 Å². The van der Waals surface area contributed by atoms with Gasteiger partial charge in [-0.3, -0.25) is 10.1 Å². The Morgan fingerprint density at radius 2 is 1.44 bits per heavy atom. The molecule has 1 heterocycles. The van der Waals surface area contributed by atoms with Crippen LogP contribution in [-0.4, -0.2) is 11.1 Å². The number of amides is 1. The molecule has 1 amide bonds. The number of hydrogen-bond donors (Lipinski definition) is 2. The fourth-order valence-electron chi connectivity index (χ4n) is 3.11. The highest BCUT2D eigenvalue weighted by Crippen LogP contribution is 2.44. The van der Waals surface area contributed by atoms with E-state index in [-0.39, 0.29) is 17.9 Å². The van der Waals surface area contributed by atoms with Crippen LogP contribution >= 0.6 is 7.29 Å². The molecule has 2 N–H and O–H groups in total. The Morgan fingerprint density at radius 1 is 0.917 bits per heavy atom. The Labute approximate surface area is 207 Å². The number of carbonyl (C=O) groups is 1. The minimum atomic E-state index is -3.22. The molecule has 0 atom stereocenters. The number of carbonyl (C=O) groups excluding carboxylic acids is 1. The number of anilines is 1. The summed E-state index contributed by atoms with van der Waals surface area (Å²) in [6.07, 6.45) is -0.654. The smallest absolute Gasteiger partial charge is 0.412 e. The van der Waals surface area contributed by atoms with Crippen molar-refractivity contribution in [2.45, 2.75) is 13.5 Å². The van der Waals surface area contributed by atoms with Gasteiger partial charge in [-0.05, 0) is 35.0 Å². The quantitative estimate of drug-likeness (QED) is 0.152. The van der Waals surface area contributed by atoms with Gasteiger partial charge < -0.3 is 14.3 Å². The van der Waals surface area contributed by atoms with Gasteiger partial charge in [-0.15, -0.1) is 0 Å². The van der Waals surface area contributed by atoms with E-state index >= 15 is 0 Å². The van der Waals surface area contributed by atoms with E-state index in [1.165, 1.54) is 6.07 Å². The van der Waals surface area contributed by atoms with Crippen molar-refractivity contribution in [2.75, 3.05) is 5.32 Å². The number of rotatable bonds is 6. The van der Waals surface area contributed by atoms with Crippen molar-refractivity contribution in [3.63, 3.8) is 0 Å². The average molecular weight is 501 g/mol. The summed E-state index contributed by atoms with van der Waals surface area (Å²) in [6, 6.07) is 30.2. The lowest BCUT2D eigenvalue weighted by Crippen LogP contribution is -2.20. The predicted molar refractivity (Wildman–Crippen MR) is 141 cm³/mol. The van der Waals surface area contributed by atoms with Crippen LogP contribution < -0.4 is 21.5 Å². The van der Waals surface area contributed by atoms with Crippen molar-refractivity contribution in [2.24, 2.45) is 4.88 Å². The normalized spacial score (nSPS) is 10.2. The second-order valence-corrected chi connectivity index (χ2v) is 9.86. The molecule has 0 radical (unpaired) electrons. The van der Waals surface area contributed by atoms with E-state index in [1.54, 1.807) is 61.5 Å². The van der Waals surface area contributed by atoms with Crippen molar-refractivity contribution in [3.8, 4) is 0 Å². The summed E-state index contributed by atoms with van der Waals surface area (Å²) in [5, 5.41) is 3.49. The molecule has 0 saturated carbocycles. The number of aromatic amines is 1. The van der Waals surface area contributed by atoms with E-state index in [2.05, 4.69) is 20.1 Å². The number of nitrogens with one attached hydrogen (secondary N) is 2. The average Bonchev–Trinajstić information content (AvgIpc) is 2.91. The van der Waals surface area contributed by atoms with Crippen LogP contribution in [0, 0.1) is 6.92 Å². The van der Waals surface area contributed by atoms with E-state index in [4.69, 9.17) is 10.3 Å². The minimum Gasteiger partial charge on any atom is -0.444 e. The van der Waals surface area contributed by atoms with Crippen molar-refractivity contribution < 1.29 is 14.1 Å². The predicted octanol–water partition coefficient (Wildman–Crippen LogP) is 5.66. The van der Waals surface area contributed by atoms with Crippen LogP contribution in [0.1, 0.15) is 11.3 Å². The highest BCUT2D eigenvalue weighted by Gasteiger charge is 2.25. The lowest BCUT2D eigenvalue weighted by Gasteiger charge is -2.12. The van der Waals surface area contributed by atoms with E-state index < -0.39 is 13.4 Å². The maximum absolute atomic E-state index is 12.8. The summed E-state index contributed by atoms with van der Waals surface area (Å²) in [5.74, 6) is 0. The Morgan fingerprint density at radius 3 is 1.94 bits per heavy atom. The van der Waals surface area contributed by atoms with Gasteiger partial charge >= 0.3 is 6.09 Å². The molecule has 0 spiro atoms. The van der Waals surface area contributed by atoms with Crippen molar-refractivity contribution in [3.05, 3.63) is 135 Å². The third kappa shape index (κ3) is 7.21. The van der Waals surface area contributed by atoms with Gasteiger partial charge in [0.15, 0.2) is 0 Å². The first-order valence-electron chi connectivity index (χ1n) is 10.9. The molecule has 9 nitrogen and oxygen atoms in total. The number of pyridine rings is 1. The number of hydrogen-bond acceptors (Lipinski definition) is 4. The molecule has 0 aliphatic rings. The number of azide groups is 1. The summed E-state index contributed by atoms with van der Waals surface area (Å²) in [7, 11) is -3.22. The number of aromatic nitrogens is 1. The highest BCUT2D eigenvalue weighted by atomic mass is 31.2.